The second-order valence-corrected chi connectivity index (χ2v) is 12.0. The molecule has 0 bridgehead atoms. The van der Waals surface area contributed by atoms with Crippen molar-refractivity contribution in [3.8, 4) is 5.75 Å². The highest BCUT2D eigenvalue weighted by atomic mass is 35.5. The lowest BCUT2D eigenvalue weighted by atomic mass is 10.0. The highest BCUT2D eigenvalue weighted by molar-refractivity contribution is 8.54. The van der Waals surface area contributed by atoms with Crippen molar-refractivity contribution in [1.82, 2.24) is 9.29 Å². The highest BCUT2D eigenvalue weighted by Gasteiger charge is 2.53. The Bertz CT molecular complexity index is 1240. The first-order valence-electron chi connectivity index (χ1n) is 12.4. The number of ether oxygens (including phenoxy) is 1. The topological polar surface area (TPSA) is 125 Å². The molecule has 4 rings (SSSR count). The van der Waals surface area contributed by atoms with Crippen molar-refractivity contribution >= 4 is 44.0 Å². The first kappa shape index (κ1) is 27.6. The van der Waals surface area contributed by atoms with Crippen molar-refractivity contribution in [1.29, 1.82) is 0 Å². The number of carbonyl (C=O) groups is 2. The van der Waals surface area contributed by atoms with E-state index in [4.69, 9.17) is 21.2 Å². The summed E-state index contributed by atoms with van der Waals surface area (Å²) in [5, 5.41) is 21.7. The molecule has 2 heterocycles. The molecule has 1 aliphatic heterocycles. The summed E-state index contributed by atoms with van der Waals surface area (Å²) in [4.78, 5) is 33.9. The van der Waals surface area contributed by atoms with Gasteiger partial charge in [0.25, 0.3) is 0 Å². The Morgan fingerprint density at radius 3 is 2.66 bits per heavy atom. The molecule has 1 aliphatic carbocycles. The number of benzene rings is 1. The molecule has 204 valence electrons. The largest absolute Gasteiger partial charge is 0.494 e. The fraction of sp³-hybridized carbons (Fsp3) is 0.385. The van der Waals surface area contributed by atoms with Crippen LogP contribution in [-0.4, -0.2) is 55.6 Å². The van der Waals surface area contributed by atoms with Crippen molar-refractivity contribution < 1.29 is 29.4 Å². The van der Waals surface area contributed by atoms with E-state index in [0.717, 1.165) is 36.3 Å². The summed E-state index contributed by atoms with van der Waals surface area (Å²) in [6.07, 6.45) is 7.50. The molecular weight excluding hydrogens is 532 g/mol. The molecule has 1 aromatic carbocycles. The average Bonchev–Trinajstić information content (AvgIpc) is 3.48. The molecule has 0 amide bonds. The number of hydrogen-bond donors (Lipinski definition) is 2. The van der Waals surface area contributed by atoms with Gasteiger partial charge >= 0.3 is 10.6 Å². The molecule has 0 saturated heterocycles. The quantitative estimate of drug-likeness (QED) is 0.246. The average molecular weight is 563 g/mol. The number of aryl methyl sites for hydroxylation is 1. The molecule has 2 N–H and O–H groups in total. The van der Waals surface area contributed by atoms with E-state index in [1.165, 1.54) is 38.8 Å². The number of oxime groups is 1. The maximum absolute atomic E-state index is 12.4. The van der Waals surface area contributed by atoms with Crippen molar-refractivity contribution in [2.24, 2.45) is 11.1 Å². The number of hydrogen-bond acceptors (Lipinski definition) is 8. The second kappa shape index (κ2) is 12.0. The van der Waals surface area contributed by atoms with Crippen LogP contribution in [0.1, 0.15) is 44.2 Å². The maximum atomic E-state index is 12.4. The van der Waals surface area contributed by atoms with E-state index < -0.39 is 21.0 Å². The van der Waals surface area contributed by atoms with Gasteiger partial charge in [0.1, 0.15) is 27.9 Å². The fourth-order valence-corrected chi connectivity index (χ4v) is 7.02. The number of pyridine rings is 1. The first-order chi connectivity index (χ1) is 18.3. The zero-order valence-electron chi connectivity index (χ0n) is 21.2. The smallest absolute Gasteiger partial charge is 0.393 e. The van der Waals surface area contributed by atoms with E-state index in [1.807, 2.05) is 32.0 Å². The van der Waals surface area contributed by atoms with Crippen LogP contribution in [0, 0.1) is 5.92 Å². The maximum Gasteiger partial charge on any atom is 0.393 e. The summed E-state index contributed by atoms with van der Waals surface area (Å²) in [5.41, 5.74) is 3.61. The summed E-state index contributed by atoms with van der Waals surface area (Å²) in [6, 6.07) is 8.98. The van der Waals surface area contributed by atoms with Crippen LogP contribution in [0.15, 0.2) is 54.1 Å². The van der Waals surface area contributed by atoms with E-state index in [0.29, 0.717) is 25.3 Å². The Balaban J connectivity index is 1.34. The van der Waals surface area contributed by atoms with E-state index in [1.54, 1.807) is 6.07 Å². The van der Waals surface area contributed by atoms with E-state index in [9.17, 15) is 19.8 Å². The molecule has 2 aliphatic rings. The minimum Gasteiger partial charge on any atom is -0.494 e. The number of rotatable bonds is 10. The molecule has 1 unspecified atom stereocenters. The Morgan fingerprint density at radius 2 is 1.95 bits per heavy atom. The Labute approximate surface area is 228 Å². The van der Waals surface area contributed by atoms with Crippen LogP contribution in [0.2, 0.25) is 5.15 Å². The molecule has 2 aromatic rings. The van der Waals surface area contributed by atoms with Gasteiger partial charge in [0.15, 0.2) is 0 Å². The molecule has 1 atom stereocenters. The van der Waals surface area contributed by atoms with Gasteiger partial charge in [0.05, 0.1) is 18.0 Å². The van der Waals surface area contributed by atoms with Gasteiger partial charge in [-0.3, -0.25) is 4.31 Å². The Morgan fingerprint density at radius 1 is 1.16 bits per heavy atom. The summed E-state index contributed by atoms with van der Waals surface area (Å²) in [6.45, 7) is 5.25. The van der Waals surface area contributed by atoms with Crippen molar-refractivity contribution in [3.63, 3.8) is 0 Å². The molecule has 12 heteroatoms. The first-order valence-corrected chi connectivity index (χ1v) is 14.3. The number of halogens is 1. The highest BCUT2D eigenvalue weighted by Crippen LogP contribution is 2.61. The van der Waals surface area contributed by atoms with Gasteiger partial charge in [-0.2, -0.15) is 0 Å². The molecule has 0 radical (unpaired) electrons. The summed E-state index contributed by atoms with van der Waals surface area (Å²) < 4.78 is 8.68. The third-order valence-electron chi connectivity index (χ3n) is 6.49. The summed E-state index contributed by atoms with van der Waals surface area (Å²) >= 11 is 5.98. The number of nitrogens with zero attached hydrogens (tertiary/aromatic N) is 4. The van der Waals surface area contributed by atoms with Gasteiger partial charge in [-0.1, -0.05) is 23.7 Å². The van der Waals surface area contributed by atoms with Crippen LogP contribution in [0.25, 0.3) is 0 Å². The van der Waals surface area contributed by atoms with Crippen molar-refractivity contribution in [2.75, 3.05) is 24.1 Å². The lowest BCUT2D eigenvalue weighted by Gasteiger charge is -2.42. The van der Waals surface area contributed by atoms with Gasteiger partial charge in [0.2, 0.25) is 0 Å². The van der Waals surface area contributed by atoms with Crippen molar-refractivity contribution in [2.45, 2.75) is 39.5 Å². The lowest BCUT2D eigenvalue weighted by molar-refractivity contribution is 0.158. The van der Waals surface area contributed by atoms with Gasteiger partial charge in [-0.25, -0.2) is 14.6 Å². The van der Waals surface area contributed by atoms with Crippen molar-refractivity contribution in [3.05, 3.63) is 65.2 Å². The monoisotopic (exact) mass is 562 g/mol. The molecule has 10 nitrogen and oxygen atoms in total. The molecule has 0 fully saturated rings. The predicted molar refractivity (Wildman–Crippen MR) is 148 cm³/mol. The second-order valence-electron chi connectivity index (χ2n) is 8.99. The van der Waals surface area contributed by atoms with Crippen LogP contribution in [0.3, 0.4) is 0 Å². The molecular formula is C26H31ClN4O6S. The van der Waals surface area contributed by atoms with Gasteiger partial charge in [-0.15, -0.1) is 0 Å². The van der Waals surface area contributed by atoms with E-state index in [-0.39, 0.29) is 17.6 Å². The number of aromatic nitrogens is 1. The fourth-order valence-electron chi connectivity index (χ4n) is 4.49. The normalized spacial score (nSPS) is 18.3. The minimum absolute atomic E-state index is 0.148. The number of carboxylic acid groups (broad SMARTS) is 2. The Hall–Kier alpha value is -3.44. The van der Waals surface area contributed by atoms with Gasteiger partial charge in [0, 0.05) is 36.8 Å². The van der Waals surface area contributed by atoms with Crippen LogP contribution in [0.4, 0.5) is 15.3 Å². The number of fused-ring (bicyclic) bond motifs is 1. The summed E-state index contributed by atoms with van der Waals surface area (Å²) in [7, 11) is -3.47. The molecule has 0 spiro atoms. The zero-order valence-corrected chi connectivity index (χ0v) is 22.8. The third kappa shape index (κ3) is 5.53. The number of anilines is 1. The Kier molecular flexibility index (Phi) is 8.68. The van der Waals surface area contributed by atoms with Gasteiger partial charge < -0.3 is 24.1 Å². The predicted octanol–water partition coefficient (Wildman–Crippen LogP) is 6.50. The zero-order chi connectivity index (χ0) is 27.3. The van der Waals surface area contributed by atoms with Crippen LogP contribution in [-0.2, 0) is 11.3 Å². The SMILES string of the molecule is CCO/N=C1\CCc2cc(OCCC(C)CCN3C=CN(c4ccnc(Cl)c4)S3(C(=O)O)C(=O)O)ccc21. The molecule has 1 aromatic heterocycles. The standard InChI is InChI=1S/C26H31ClN4O6S/c1-3-37-29-23-7-4-19-16-21(5-6-22(19)23)36-15-10-18(2)9-12-30-13-14-31(20-8-11-28-24(27)17-20)38(30,25(32)33)26(34)35/h5-6,8,11,13-14,16-18H,3-4,7,9-10,12,15H2,1-2H3,(H,32,33)(H,34,35)/b29-23+. The van der Waals surface area contributed by atoms with E-state index >= 15 is 0 Å². The lowest BCUT2D eigenvalue weighted by Crippen LogP contribution is -2.40. The third-order valence-corrected chi connectivity index (χ3v) is 9.55. The summed E-state index contributed by atoms with van der Waals surface area (Å²) in [5.74, 6) is 0.967. The minimum atomic E-state index is -3.47. The van der Waals surface area contributed by atoms with Crippen LogP contribution in [0.5, 0.6) is 5.75 Å². The van der Waals surface area contributed by atoms with Crippen LogP contribution >= 0.6 is 22.0 Å². The molecule has 38 heavy (non-hydrogen) atoms. The van der Waals surface area contributed by atoms with E-state index in [2.05, 4.69) is 10.1 Å². The van der Waals surface area contributed by atoms with Crippen LogP contribution < -0.4 is 9.04 Å². The van der Waals surface area contributed by atoms with Gasteiger partial charge in [-0.05, 0) is 68.4 Å². The molecule has 0 saturated carbocycles.